The number of ether oxygens (including phenoxy) is 2. The summed E-state index contributed by atoms with van der Waals surface area (Å²) in [7, 11) is 0. The normalized spacial score (nSPS) is 10.1. The molecule has 0 fully saturated rings. The predicted molar refractivity (Wildman–Crippen MR) is 105 cm³/mol. The molecule has 2 rings (SSSR count). The Morgan fingerprint density at radius 2 is 1.52 bits per heavy atom. The first-order valence-corrected chi connectivity index (χ1v) is 9.16. The Morgan fingerprint density at radius 3 is 2.15 bits per heavy atom. The Kier molecular flexibility index (Phi) is 8.16. The van der Waals surface area contributed by atoms with E-state index in [4.69, 9.17) is 9.47 Å². The highest BCUT2D eigenvalue weighted by atomic mass is 16.5. The molecule has 0 spiro atoms. The Hall–Kier alpha value is -3.02. The number of hydrogen-bond donors (Lipinski definition) is 2. The maximum Gasteiger partial charge on any atom is 0.251 e. The Bertz CT molecular complexity index is 727. The van der Waals surface area contributed by atoms with Crippen LogP contribution in [0.1, 0.15) is 37.0 Å². The summed E-state index contributed by atoms with van der Waals surface area (Å²) < 4.78 is 10.9. The van der Waals surface area contributed by atoms with Crippen molar-refractivity contribution in [3.8, 4) is 11.5 Å². The van der Waals surface area contributed by atoms with Crippen molar-refractivity contribution in [3.63, 3.8) is 0 Å². The van der Waals surface area contributed by atoms with Crippen LogP contribution in [0.5, 0.6) is 11.5 Å². The van der Waals surface area contributed by atoms with Crippen molar-refractivity contribution in [2.45, 2.75) is 26.7 Å². The van der Waals surface area contributed by atoms with E-state index in [-0.39, 0.29) is 18.4 Å². The van der Waals surface area contributed by atoms with E-state index in [1.807, 2.05) is 6.92 Å². The molecule has 0 aliphatic heterocycles. The Morgan fingerprint density at radius 1 is 0.889 bits per heavy atom. The number of hydrogen-bond acceptors (Lipinski definition) is 4. The van der Waals surface area contributed by atoms with E-state index in [2.05, 4.69) is 17.6 Å². The molecule has 2 aromatic rings. The number of amides is 2. The van der Waals surface area contributed by atoms with Gasteiger partial charge < -0.3 is 20.1 Å². The highest BCUT2D eigenvalue weighted by Crippen LogP contribution is 2.15. The maximum atomic E-state index is 12.1. The smallest absolute Gasteiger partial charge is 0.251 e. The van der Waals surface area contributed by atoms with Crippen molar-refractivity contribution in [3.05, 3.63) is 54.1 Å². The van der Waals surface area contributed by atoms with Crippen LogP contribution in [0.25, 0.3) is 0 Å². The molecule has 0 aliphatic rings. The van der Waals surface area contributed by atoms with Crippen molar-refractivity contribution >= 4 is 17.5 Å². The van der Waals surface area contributed by atoms with Gasteiger partial charge in [-0.2, -0.15) is 0 Å². The van der Waals surface area contributed by atoms with Gasteiger partial charge >= 0.3 is 0 Å². The molecule has 0 aliphatic carbocycles. The molecular formula is C21H26N2O4. The maximum absolute atomic E-state index is 12.1. The van der Waals surface area contributed by atoms with Crippen LogP contribution in [0, 0.1) is 0 Å². The summed E-state index contributed by atoms with van der Waals surface area (Å²) in [6.07, 6.45) is 2.06. The lowest BCUT2D eigenvalue weighted by Gasteiger charge is -2.09. The highest BCUT2D eigenvalue weighted by molar-refractivity contribution is 5.99. The third-order valence-electron chi connectivity index (χ3n) is 3.74. The van der Waals surface area contributed by atoms with Crippen LogP contribution in [-0.2, 0) is 4.79 Å². The van der Waals surface area contributed by atoms with Crippen LogP contribution in [-0.4, -0.2) is 31.6 Å². The number of rotatable bonds is 10. The second kappa shape index (κ2) is 10.9. The van der Waals surface area contributed by atoms with Gasteiger partial charge in [0.2, 0.25) is 5.91 Å². The van der Waals surface area contributed by atoms with E-state index >= 15 is 0 Å². The minimum atomic E-state index is -0.308. The van der Waals surface area contributed by atoms with E-state index in [0.29, 0.717) is 24.5 Å². The first kappa shape index (κ1) is 20.3. The summed E-state index contributed by atoms with van der Waals surface area (Å²) in [4.78, 5) is 24.1. The van der Waals surface area contributed by atoms with Gasteiger partial charge in [-0.25, -0.2) is 0 Å². The van der Waals surface area contributed by atoms with E-state index < -0.39 is 0 Å². The number of unbranched alkanes of at least 4 members (excludes halogenated alkanes) is 1. The minimum Gasteiger partial charge on any atom is -0.494 e. The molecule has 2 N–H and O–H groups in total. The quantitative estimate of drug-likeness (QED) is 0.626. The van der Waals surface area contributed by atoms with Gasteiger partial charge in [-0.3, -0.25) is 9.59 Å². The van der Waals surface area contributed by atoms with Gasteiger partial charge in [0.1, 0.15) is 11.5 Å². The molecule has 6 heteroatoms. The second-order valence-corrected chi connectivity index (χ2v) is 5.91. The van der Waals surface area contributed by atoms with Crippen LogP contribution in [0.15, 0.2) is 48.5 Å². The lowest BCUT2D eigenvalue weighted by atomic mass is 10.2. The topological polar surface area (TPSA) is 76.7 Å². The molecular weight excluding hydrogens is 344 g/mol. The van der Waals surface area contributed by atoms with Crippen LogP contribution in [0.3, 0.4) is 0 Å². The van der Waals surface area contributed by atoms with Crippen molar-refractivity contribution in [1.82, 2.24) is 5.32 Å². The second-order valence-electron chi connectivity index (χ2n) is 5.91. The largest absolute Gasteiger partial charge is 0.494 e. The average Bonchev–Trinajstić information content (AvgIpc) is 2.68. The molecule has 0 radical (unpaired) electrons. The third kappa shape index (κ3) is 7.01. The van der Waals surface area contributed by atoms with E-state index in [9.17, 15) is 9.59 Å². The SMILES string of the molecule is CCCCOc1ccc(C(=O)NCC(=O)Nc2ccc(OCC)cc2)cc1. The molecule has 0 heterocycles. The molecule has 6 nitrogen and oxygen atoms in total. The fraction of sp³-hybridized carbons (Fsp3) is 0.333. The van der Waals surface area contributed by atoms with Gasteiger partial charge in [-0.05, 0) is 61.9 Å². The van der Waals surface area contributed by atoms with Crippen LogP contribution in [0.4, 0.5) is 5.69 Å². The van der Waals surface area contributed by atoms with E-state index in [1.54, 1.807) is 48.5 Å². The zero-order valence-corrected chi connectivity index (χ0v) is 15.8. The molecule has 0 unspecified atom stereocenters. The summed E-state index contributed by atoms with van der Waals surface area (Å²) in [6, 6.07) is 13.9. The number of benzene rings is 2. The van der Waals surface area contributed by atoms with E-state index in [0.717, 1.165) is 24.3 Å². The van der Waals surface area contributed by atoms with Crippen molar-refractivity contribution < 1.29 is 19.1 Å². The molecule has 2 amide bonds. The molecule has 27 heavy (non-hydrogen) atoms. The van der Waals surface area contributed by atoms with Crippen LogP contribution < -0.4 is 20.1 Å². The van der Waals surface area contributed by atoms with Crippen molar-refractivity contribution in [1.29, 1.82) is 0 Å². The molecule has 0 atom stereocenters. The zero-order valence-electron chi connectivity index (χ0n) is 15.8. The fourth-order valence-corrected chi connectivity index (χ4v) is 2.31. The summed E-state index contributed by atoms with van der Waals surface area (Å²) in [6.45, 7) is 5.15. The number of carbonyl (C=O) groups excluding carboxylic acids is 2. The summed E-state index contributed by atoms with van der Waals surface area (Å²) >= 11 is 0. The van der Waals surface area contributed by atoms with Gasteiger partial charge in [0.05, 0.1) is 19.8 Å². The standard InChI is InChI=1S/C21H26N2O4/c1-3-5-14-27-19-10-6-16(7-11-19)21(25)22-15-20(24)23-17-8-12-18(13-9-17)26-4-2/h6-13H,3-5,14-15H2,1-2H3,(H,22,25)(H,23,24). The third-order valence-corrected chi connectivity index (χ3v) is 3.74. The number of nitrogens with one attached hydrogen (secondary N) is 2. The van der Waals surface area contributed by atoms with Crippen LogP contribution >= 0.6 is 0 Å². The zero-order chi connectivity index (χ0) is 19.5. The average molecular weight is 370 g/mol. The summed E-state index contributed by atoms with van der Waals surface area (Å²) in [5.74, 6) is 0.864. The van der Waals surface area contributed by atoms with Gasteiger partial charge in [-0.15, -0.1) is 0 Å². The molecule has 0 bridgehead atoms. The predicted octanol–water partition coefficient (Wildman–Crippen LogP) is 3.63. The van der Waals surface area contributed by atoms with Gasteiger partial charge in [0, 0.05) is 11.3 Å². The van der Waals surface area contributed by atoms with Crippen LogP contribution in [0.2, 0.25) is 0 Å². The lowest BCUT2D eigenvalue weighted by Crippen LogP contribution is -2.32. The first-order valence-electron chi connectivity index (χ1n) is 9.16. The van der Waals surface area contributed by atoms with Crippen molar-refractivity contribution in [2.75, 3.05) is 25.1 Å². The highest BCUT2D eigenvalue weighted by Gasteiger charge is 2.09. The molecule has 0 saturated heterocycles. The first-order chi connectivity index (χ1) is 13.1. The van der Waals surface area contributed by atoms with Gasteiger partial charge in [0.15, 0.2) is 0 Å². The Balaban J connectivity index is 1.77. The molecule has 144 valence electrons. The summed E-state index contributed by atoms with van der Waals surface area (Å²) in [5.41, 5.74) is 1.12. The molecule has 0 aromatic heterocycles. The fourth-order valence-electron chi connectivity index (χ4n) is 2.31. The number of anilines is 1. The molecule has 0 saturated carbocycles. The number of carbonyl (C=O) groups is 2. The monoisotopic (exact) mass is 370 g/mol. The summed E-state index contributed by atoms with van der Waals surface area (Å²) in [5, 5.41) is 5.33. The molecule has 2 aromatic carbocycles. The lowest BCUT2D eigenvalue weighted by molar-refractivity contribution is -0.115. The Labute approximate surface area is 159 Å². The van der Waals surface area contributed by atoms with E-state index in [1.165, 1.54) is 0 Å². The van der Waals surface area contributed by atoms with Crippen molar-refractivity contribution in [2.24, 2.45) is 0 Å². The minimum absolute atomic E-state index is 0.110. The van der Waals surface area contributed by atoms with Gasteiger partial charge in [-0.1, -0.05) is 13.3 Å². The van der Waals surface area contributed by atoms with Gasteiger partial charge in [0.25, 0.3) is 5.91 Å².